The largest absolute Gasteiger partial charge is 0.481 e. The molecule has 1 heterocycles. The predicted molar refractivity (Wildman–Crippen MR) is 84.9 cm³/mol. The molecule has 1 saturated heterocycles. The summed E-state index contributed by atoms with van der Waals surface area (Å²) in [7, 11) is 0. The summed E-state index contributed by atoms with van der Waals surface area (Å²) >= 11 is 5.98. The molecule has 1 fully saturated rings. The van der Waals surface area contributed by atoms with E-state index in [0.717, 1.165) is 25.1 Å². The number of benzene rings is 1. The Bertz CT molecular complexity index is 507. The van der Waals surface area contributed by atoms with Gasteiger partial charge in [-0.05, 0) is 56.5 Å². The van der Waals surface area contributed by atoms with E-state index in [2.05, 4.69) is 17.6 Å². The SMILES string of the molecule is Cc1cc(OC(C)C(=O)NC2CNCCC2C)ccc1Cl. The number of piperidine rings is 1. The van der Waals surface area contributed by atoms with Crippen molar-refractivity contribution in [2.75, 3.05) is 13.1 Å². The van der Waals surface area contributed by atoms with Gasteiger partial charge in [0.1, 0.15) is 5.75 Å². The monoisotopic (exact) mass is 310 g/mol. The number of nitrogens with one attached hydrogen (secondary N) is 2. The maximum Gasteiger partial charge on any atom is 0.261 e. The molecular weight excluding hydrogens is 288 g/mol. The van der Waals surface area contributed by atoms with Gasteiger partial charge in [-0.15, -0.1) is 0 Å². The minimum atomic E-state index is -0.528. The van der Waals surface area contributed by atoms with E-state index in [-0.39, 0.29) is 11.9 Å². The Morgan fingerprint density at radius 3 is 2.95 bits per heavy atom. The molecule has 5 heteroatoms. The normalized spacial score (nSPS) is 23.4. The summed E-state index contributed by atoms with van der Waals surface area (Å²) in [5.41, 5.74) is 0.937. The standard InChI is InChI=1S/C16H23ClN2O2/c1-10-6-7-18-9-15(10)19-16(20)12(3)21-13-4-5-14(17)11(2)8-13/h4-5,8,10,12,15,18H,6-7,9H2,1-3H3,(H,19,20). The third-order valence-electron chi connectivity index (χ3n) is 3.97. The molecule has 2 rings (SSSR count). The summed E-state index contributed by atoms with van der Waals surface area (Å²) in [5.74, 6) is 1.07. The second-order valence-electron chi connectivity index (χ2n) is 5.76. The first kappa shape index (κ1) is 16.1. The number of rotatable bonds is 4. The van der Waals surface area contributed by atoms with Crippen LogP contribution < -0.4 is 15.4 Å². The van der Waals surface area contributed by atoms with E-state index >= 15 is 0 Å². The van der Waals surface area contributed by atoms with Gasteiger partial charge in [-0.25, -0.2) is 0 Å². The fourth-order valence-corrected chi connectivity index (χ4v) is 2.55. The van der Waals surface area contributed by atoms with E-state index in [4.69, 9.17) is 16.3 Å². The molecule has 116 valence electrons. The van der Waals surface area contributed by atoms with Crippen molar-refractivity contribution in [3.8, 4) is 5.75 Å². The highest BCUT2D eigenvalue weighted by Crippen LogP contribution is 2.22. The van der Waals surface area contributed by atoms with Crippen molar-refractivity contribution in [2.24, 2.45) is 5.92 Å². The van der Waals surface area contributed by atoms with Crippen molar-refractivity contribution in [1.29, 1.82) is 0 Å². The van der Waals surface area contributed by atoms with E-state index in [1.165, 1.54) is 0 Å². The molecule has 0 bridgehead atoms. The van der Waals surface area contributed by atoms with Crippen LogP contribution in [0.5, 0.6) is 5.75 Å². The lowest BCUT2D eigenvalue weighted by atomic mass is 9.95. The minimum absolute atomic E-state index is 0.0804. The van der Waals surface area contributed by atoms with Gasteiger partial charge in [-0.2, -0.15) is 0 Å². The second kappa shape index (κ2) is 7.14. The lowest BCUT2D eigenvalue weighted by Gasteiger charge is -2.31. The third-order valence-corrected chi connectivity index (χ3v) is 4.39. The van der Waals surface area contributed by atoms with Crippen LogP contribution in [-0.4, -0.2) is 31.1 Å². The highest BCUT2D eigenvalue weighted by molar-refractivity contribution is 6.31. The van der Waals surface area contributed by atoms with Crippen LogP contribution in [-0.2, 0) is 4.79 Å². The predicted octanol–water partition coefficient (Wildman–Crippen LogP) is 2.53. The van der Waals surface area contributed by atoms with Crippen LogP contribution in [0.25, 0.3) is 0 Å². The Labute approximate surface area is 131 Å². The maximum atomic E-state index is 12.2. The quantitative estimate of drug-likeness (QED) is 0.898. The van der Waals surface area contributed by atoms with E-state index < -0.39 is 6.10 Å². The molecule has 4 nitrogen and oxygen atoms in total. The van der Waals surface area contributed by atoms with Crippen molar-refractivity contribution < 1.29 is 9.53 Å². The lowest BCUT2D eigenvalue weighted by Crippen LogP contribution is -2.52. The number of hydrogen-bond acceptors (Lipinski definition) is 3. The fourth-order valence-electron chi connectivity index (χ4n) is 2.43. The first-order chi connectivity index (χ1) is 9.97. The van der Waals surface area contributed by atoms with Gasteiger partial charge in [-0.1, -0.05) is 18.5 Å². The smallest absolute Gasteiger partial charge is 0.261 e. The number of carbonyl (C=O) groups is 1. The zero-order chi connectivity index (χ0) is 15.4. The maximum absolute atomic E-state index is 12.2. The van der Waals surface area contributed by atoms with E-state index in [0.29, 0.717) is 16.7 Å². The first-order valence-corrected chi connectivity index (χ1v) is 7.79. The molecule has 1 amide bonds. The minimum Gasteiger partial charge on any atom is -0.481 e. The van der Waals surface area contributed by atoms with Crippen molar-refractivity contribution in [3.63, 3.8) is 0 Å². The average Bonchev–Trinajstić information content (AvgIpc) is 2.45. The second-order valence-corrected chi connectivity index (χ2v) is 6.16. The van der Waals surface area contributed by atoms with Gasteiger partial charge in [0.25, 0.3) is 5.91 Å². The number of aryl methyl sites for hydroxylation is 1. The molecule has 0 aromatic heterocycles. The highest BCUT2D eigenvalue weighted by atomic mass is 35.5. The summed E-state index contributed by atoms with van der Waals surface area (Å²) in [6.07, 6.45) is 0.552. The van der Waals surface area contributed by atoms with Crippen LogP contribution >= 0.6 is 11.6 Å². The van der Waals surface area contributed by atoms with Crippen LogP contribution in [0, 0.1) is 12.8 Å². The summed E-state index contributed by atoms with van der Waals surface area (Å²) in [5, 5.41) is 7.06. The Morgan fingerprint density at radius 2 is 2.29 bits per heavy atom. The van der Waals surface area contributed by atoms with Crippen LogP contribution in [0.1, 0.15) is 25.8 Å². The molecular formula is C16H23ClN2O2. The third kappa shape index (κ3) is 4.35. The molecule has 1 aromatic carbocycles. The topological polar surface area (TPSA) is 50.4 Å². The van der Waals surface area contributed by atoms with Crippen molar-refractivity contribution in [2.45, 2.75) is 39.3 Å². The van der Waals surface area contributed by atoms with Crippen LogP contribution in [0.2, 0.25) is 5.02 Å². The first-order valence-electron chi connectivity index (χ1n) is 7.41. The molecule has 1 aliphatic heterocycles. The average molecular weight is 311 g/mol. The highest BCUT2D eigenvalue weighted by Gasteiger charge is 2.25. The van der Waals surface area contributed by atoms with Crippen LogP contribution in [0.4, 0.5) is 0 Å². The Kier molecular flexibility index (Phi) is 5.48. The lowest BCUT2D eigenvalue weighted by molar-refractivity contribution is -0.128. The summed E-state index contributed by atoms with van der Waals surface area (Å²) in [4.78, 5) is 12.2. The van der Waals surface area contributed by atoms with E-state index in [9.17, 15) is 4.79 Å². The Morgan fingerprint density at radius 1 is 1.52 bits per heavy atom. The van der Waals surface area contributed by atoms with Gasteiger partial charge in [0, 0.05) is 17.6 Å². The summed E-state index contributed by atoms with van der Waals surface area (Å²) in [6.45, 7) is 7.68. The molecule has 0 saturated carbocycles. The summed E-state index contributed by atoms with van der Waals surface area (Å²) in [6, 6.07) is 5.58. The van der Waals surface area contributed by atoms with Gasteiger partial charge in [-0.3, -0.25) is 4.79 Å². The molecule has 1 aliphatic rings. The Hall–Kier alpha value is -1.26. The van der Waals surface area contributed by atoms with Gasteiger partial charge in [0.05, 0.1) is 0 Å². The molecule has 2 N–H and O–H groups in total. The van der Waals surface area contributed by atoms with Gasteiger partial charge in [0.15, 0.2) is 6.10 Å². The molecule has 21 heavy (non-hydrogen) atoms. The molecule has 0 radical (unpaired) electrons. The van der Waals surface area contributed by atoms with E-state index in [1.807, 2.05) is 13.0 Å². The zero-order valence-electron chi connectivity index (χ0n) is 12.8. The number of ether oxygens (including phenoxy) is 1. The zero-order valence-corrected chi connectivity index (χ0v) is 13.5. The van der Waals surface area contributed by atoms with Gasteiger partial charge < -0.3 is 15.4 Å². The summed E-state index contributed by atoms with van der Waals surface area (Å²) < 4.78 is 5.70. The molecule has 3 unspecified atom stereocenters. The number of carbonyl (C=O) groups excluding carboxylic acids is 1. The molecule has 0 aliphatic carbocycles. The van der Waals surface area contributed by atoms with Crippen LogP contribution in [0.3, 0.4) is 0 Å². The van der Waals surface area contributed by atoms with Crippen molar-refractivity contribution in [1.82, 2.24) is 10.6 Å². The molecule has 3 atom stereocenters. The number of hydrogen-bond donors (Lipinski definition) is 2. The number of halogens is 1. The van der Waals surface area contributed by atoms with Gasteiger partial charge >= 0.3 is 0 Å². The van der Waals surface area contributed by atoms with Crippen molar-refractivity contribution in [3.05, 3.63) is 28.8 Å². The Balaban J connectivity index is 1.91. The van der Waals surface area contributed by atoms with Crippen LogP contribution in [0.15, 0.2) is 18.2 Å². The number of amides is 1. The molecule has 1 aromatic rings. The fraction of sp³-hybridized carbons (Fsp3) is 0.562. The molecule has 0 spiro atoms. The van der Waals surface area contributed by atoms with Gasteiger partial charge in [0.2, 0.25) is 0 Å². The van der Waals surface area contributed by atoms with E-state index in [1.54, 1.807) is 19.1 Å². The van der Waals surface area contributed by atoms with Crippen molar-refractivity contribution >= 4 is 17.5 Å².